The number of halogens is 2. The zero-order valence-corrected chi connectivity index (χ0v) is 10.1. The molecule has 2 N–H and O–H groups in total. The molecule has 0 aliphatic rings. The predicted molar refractivity (Wildman–Crippen MR) is 65.1 cm³/mol. The Bertz CT molecular complexity index is 477. The fourth-order valence-electron chi connectivity index (χ4n) is 1.94. The van der Waals surface area contributed by atoms with Crippen molar-refractivity contribution in [2.45, 2.75) is 19.4 Å². The Morgan fingerprint density at radius 2 is 2.00 bits per heavy atom. The molecule has 2 rings (SSSR count). The Labute approximate surface area is 104 Å². The second kappa shape index (κ2) is 5.73. The first-order valence-corrected chi connectivity index (χ1v) is 5.86. The largest absolute Gasteiger partial charge is 0.347 e. The SMILES string of the molecule is CCNC(Cc1cc(F)cc(F)c1)c1ncc[nH]1. The number of nitrogens with one attached hydrogen (secondary N) is 2. The average Bonchev–Trinajstić information content (AvgIpc) is 2.80. The van der Waals surface area contributed by atoms with E-state index in [2.05, 4.69) is 15.3 Å². The van der Waals surface area contributed by atoms with Crippen molar-refractivity contribution in [3.63, 3.8) is 0 Å². The number of benzene rings is 1. The molecular formula is C13H15F2N3. The van der Waals surface area contributed by atoms with Crippen LogP contribution in [0.4, 0.5) is 8.78 Å². The highest BCUT2D eigenvalue weighted by Gasteiger charge is 2.14. The van der Waals surface area contributed by atoms with Gasteiger partial charge in [-0.1, -0.05) is 6.92 Å². The van der Waals surface area contributed by atoms with Crippen LogP contribution in [0.3, 0.4) is 0 Å². The Morgan fingerprint density at radius 3 is 2.56 bits per heavy atom. The first-order chi connectivity index (χ1) is 8.69. The van der Waals surface area contributed by atoms with Crippen LogP contribution in [0.1, 0.15) is 24.4 Å². The third-order valence-electron chi connectivity index (χ3n) is 2.66. The van der Waals surface area contributed by atoms with Gasteiger partial charge in [-0.25, -0.2) is 13.8 Å². The third kappa shape index (κ3) is 3.13. The molecule has 5 heteroatoms. The summed E-state index contributed by atoms with van der Waals surface area (Å²) in [6.07, 6.45) is 3.87. The van der Waals surface area contributed by atoms with Crippen molar-refractivity contribution in [3.05, 3.63) is 53.6 Å². The molecule has 0 radical (unpaired) electrons. The lowest BCUT2D eigenvalue weighted by atomic mass is 10.0. The molecule has 0 bridgehead atoms. The molecule has 3 nitrogen and oxygen atoms in total. The maximum Gasteiger partial charge on any atom is 0.126 e. The van der Waals surface area contributed by atoms with Crippen LogP contribution in [-0.4, -0.2) is 16.5 Å². The summed E-state index contributed by atoms with van der Waals surface area (Å²) in [5.41, 5.74) is 0.606. The van der Waals surface area contributed by atoms with Gasteiger partial charge in [0.05, 0.1) is 6.04 Å². The number of hydrogen-bond acceptors (Lipinski definition) is 2. The van der Waals surface area contributed by atoms with Crippen molar-refractivity contribution >= 4 is 0 Å². The van der Waals surface area contributed by atoms with Gasteiger partial charge in [-0.2, -0.15) is 0 Å². The molecule has 1 heterocycles. The Morgan fingerprint density at radius 1 is 1.28 bits per heavy atom. The quantitative estimate of drug-likeness (QED) is 0.857. The van der Waals surface area contributed by atoms with Gasteiger partial charge in [-0.3, -0.25) is 0 Å². The molecule has 1 atom stereocenters. The molecular weight excluding hydrogens is 236 g/mol. The molecule has 0 amide bonds. The standard InChI is InChI=1S/C13H15F2N3/c1-2-16-12(13-17-3-4-18-13)7-9-5-10(14)8-11(15)6-9/h3-6,8,12,16H,2,7H2,1H3,(H,17,18). The number of nitrogens with zero attached hydrogens (tertiary/aromatic N) is 1. The lowest BCUT2D eigenvalue weighted by molar-refractivity contribution is 0.519. The molecule has 0 aliphatic heterocycles. The van der Waals surface area contributed by atoms with E-state index in [1.165, 1.54) is 12.1 Å². The molecule has 1 aromatic heterocycles. The Hall–Kier alpha value is -1.75. The van der Waals surface area contributed by atoms with Gasteiger partial charge in [0, 0.05) is 18.5 Å². The van der Waals surface area contributed by atoms with Crippen molar-refractivity contribution in [3.8, 4) is 0 Å². The summed E-state index contributed by atoms with van der Waals surface area (Å²) >= 11 is 0. The van der Waals surface area contributed by atoms with Crippen LogP contribution < -0.4 is 5.32 Å². The fraction of sp³-hybridized carbons (Fsp3) is 0.308. The van der Waals surface area contributed by atoms with Gasteiger partial charge >= 0.3 is 0 Å². The minimum Gasteiger partial charge on any atom is -0.347 e. The summed E-state index contributed by atoms with van der Waals surface area (Å²) in [5.74, 6) is -0.346. The van der Waals surface area contributed by atoms with E-state index in [1.54, 1.807) is 12.4 Å². The number of H-pyrrole nitrogens is 1. The van der Waals surface area contributed by atoms with Crippen LogP contribution in [0.2, 0.25) is 0 Å². The highest BCUT2D eigenvalue weighted by molar-refractivity contribution is 5.20. The number of aromatic nitrogens is 2. The molecule has 0 spiro atoms. The topological polar surface area (TPSA) is 40.7 Å². The number of hydrogen-bond donors (Lipinski definition) is 2. The van der Waals surface area contributed by atoms with Gasteiger partial charge in [-0.15, -0.1) is 0 Å². The summed E-state index contributed by atoms with van der Waals surface area (Å²) in [4.78, 5) is 7.18. The Kier molecular flexibility index (Phi) is 4.04. The van der Waals surface area contributed by atoms with Crippen molar-refractivity contribution in [1.82, 2.24) is 15.3 Å². The van der Waals surface area contributed by atoms with Crippen LogP contribution in [0.15, 0.2) is 30.6 Å². The third-order valence-corrected chi connectivity index (χ3v) is 2.66. The number of aromatic amines is 1. The predicted octanol–water partition coefficient (Wildman–Crippen LogP) is 2.58. The summed E-state index contributed by atoms with van der Waals surface area (Å²) in [6.45, 7) is 2.73. The maximum absolute atomic E-state index is 13.1. The van der Waals surface area contributed by atoms with E-state index in [4.69, 9.17) is 0 Å². The summed E-state index contributed by atoms with van der Waals surface area (Å²) < 4.78 is 26.2. The smallest absolute Gasteiger partial charge is 0.126 e. The lowest BCUT2D eigenvalue weighted by Crippen LogP contribution is -2.24. The number of rotatable bonds is 5. The van der Waals surface area contributed by atoms with Crippen molar-refractivity contribution in [2.75, 3.05) is 6.54 Å². The van der Waals surface area contributed by atoms with E-state index in [-0.39, 0.29) is 6.04 Å². The minimum atomic E-state index is -0.556. The van der Waals surface area contributed by atoms with Crippen molar-refractivity contribution < 1.29 is 8.78 Å². The van der Waals surface area contributed by atoms with Crippen molar-refractivity contribution in [2.24, 2.45) is 0 Å². The molecule has 0 saturated heterocycles. The molecule has 96 valence electrons. The van der Waals surface area contributed by atoms with Crippen LogP contribution in [0.25, 0.3) is 0 Å². The normalized spacial score (nSPS) is 12.6. The van der Waals surface area contributed by atoms with E-state index in [0.717, 1.165) is 18.4 Å². The second-order valence-electron chi connectivity index (χ2n) is 4.07. The summed E-state index contributed by atoms with van der Waals surface area (Å²) in [5, 5.41) is 3.23. The lowest BCUT2D eigenvalue weighted by Gasteiger charge is -2.15. The summed E-state index contributed by atoms with van der Waals surface area (Å²) in [7, 11) is 0. The van der Waals surface area contributed by atoms with Crippen LogP contribution >= 0.6 is 0 Å². The van der Waals surface area contributed by atoms with Crippen molar-refractivity contribution in [1.29, 1.82) is 0 Å². The van der Waals surface area contributed by atoms with E-state index in [9.17, 15) is 8.78 Å². The maximum atomic E-state index is 13.1. The van der Waals surface area contributed by atoms with E-state index < -0.39 is 11.6 Å². The monoisotopic (exact) mass is 251 g/mol. The van der Waals surface area contributed by atoms with E-state index >= 15 is 0 Å². The van der Waals surface area contributed by atoms with E-state index in [0.29, 0.717) is 12.0 Å². The van der Waals surface area contributed by atoms with Crippen LogP contribution in [-0.2, 0) is 6.42 Å². The number of imidazole rings is 1. The first-order valence-electron chi connectivity index (χ1n) is 5.86. The summed E-state index contributed by atoms with van der Waals surface area (Å²) in [6, 6.07) is 3.48. The first kappa shape index (κ1) is 12.7. The van der Waals surface area contributed by atoms with Crippen LogP contribution in [0.5, 0.6) is 0 Å². The van der Waals surface area contributed by atoms with Gasteiger partial charge in [0.2, 0.25) is 0 Å². The van der Waals surface area contributed by atoms with Gasteiger partial charge in [0.25, 0.3) is 0 Å². The molecule has 1 aromatic carbocycles. The molecule has 18 heavy (non-hydrogen) atoms. The number of likely N-dealkylation sites (N-methyl/N-ethyl adjacent to an activating group) is 1. The average molecular weight is 251 g/mol. The molecule has 0 aliphatic carbocycles. The Balaban J connectivity index is 2.18. The van der Waals surface area contributed by atoms with E-state index in [1.807, 2.05) is 6.92 Å². The zero-order chi connectivity index (χ0) is 13.0. The highest BCUT2D eigenvalue weighted by Crippen LogP contribution is 2.17. The van der Waals surface area contributed by atoms with Gasteiger partial charge in [-0.05, 0) is 30.7 Å². The molecule has 2 aromatic rings. The molecule has 1 unspecified atom stereocenters. The molecule has 0 fully saturated rings. The highest BCUT2D eigenvalue weighted by atomic mass is 19.1. The van der Waals surface area contributed by atoms with Gasteiger partial charge < -0.3 is 10.3 Å². The van der Waals surface area contributed by atoms with Gasteiger partial charge in [0.1, 0.15) is 17.5 Å². The minimum absolute atomic E-state index is 0.0776. The zero-order valence-electron chi connectivity index (χ0n) is 10.1. The second-order valence-corrected chi connectivity index (χ2v) is 4.07. The fourth-order valence-corrected chi connectivity index (χ4v) is 1.94. The van der Waals surface area contributed by atoms with Crippen LogP contribution in [0, 0.1) is 11.6 Å². The van der Waals surface area contributed by atoms with Gasteiger partial charge in [0.15, 0.2) is 0 Å². The molecule has 0 saturated carbocycles.